The molecule has 0 aromatic carbocycles. The highest BCUT2D eigenvalue weighted by atomic mass is 32.1. The summed E-state index contributed by atoms with van der Waals surface area (Å²) in [6.07, 6.45) is 0.458. The van der Waals surface area contributed by atoms with Crippen molar-refractivity contribution in [1.29, 1.82) is 10.5 Å². The van der Waals surface area contributed by atoms with E-state index in [4.69, 9.17) is 15.3 Å². The second-order valence-corrected chi connectivity index (χ2v) is 6.51. The van der Waals surface area contributed by atoms with Gasteiger partial charge in [-0.3, -0.25) is 9.69 Å². The van der Waals surface area contributed by atoms with Gasteiger partial charge in [-0.15, -0.1) is 11.3 Å². The van der Waals surface area contributed by atoms with Crippen LogP contribution in [0.4, 0.5) is 0 Å². The minimum atomic E-state index is -0.100. The Kier molecular flexibility index (Phi) is 7.13. The lowest BCUT2D eigenvalue weighted by molar-refractivity contribution is -0.134. The van der Waals surface area contributed by atoms with Crippen molar-refractivity contribution in [2.75, 3.05) is 39.3 Å². The number of aryl methyl sites for hydroxylation is 1. The fourth-order valence-electron chi connectivity index (χ4n) is 2.54. The van der Waals surface area contributed by atoms with Crippen LogP contribution in [0.15, 0.2) is 5.38 Å². The molecule has 0 N–H and O–H groups in total. The van der Waals surface area contributed by atoms with Crippen LogP contribution in [-0.4, -0.2) is 60.0 Å². The van der Waals surface area contributed by atoms with Gasteiger partial charge in [0.15, 0.2) is 0 Å². The maximum atomic E-state index is 12.5. The predicted octanol–water partition coefficient (Wildman–Crippen LogP) is 1.48. The number of aromatic nitrogens is 1. The Morgan fingerprint density at radius 3 is 2.75 bits per heavy atom. The number of rotatable bonds is 7. The van der Waals surface area contributed by atoms with Crippen LogP contribution in [0.5, 0.6) is 0 Å². The molecule has 1 aliphatic heterocycles. The third-order valence-corrected chi connectivity index (χ3v) is 4.82. The first-order chi connectivity index (χ1) is 11.6. The van der Waals surface area contributed by atoms with Crippen LogP contribution in [0.1, 0.15) is 29.6 Å². The molecule has 2 heterocycles. The van der Waals surface area contributed by atoms with E-state index in [0.717, 1.165) is 10.7 Å². The molecule has 0 spiro atoms. The van der Waals surface area contributed by atoms with Crippen molar-refractivity contribution in [2.45, 2.75) is 25.9 Å². The summed E-state index contributed by atoms with van der Waals surface area (Å²) in [7, 11) is 0. The minimum absolute atomic E-state index is 0.0449. The highest BCUT2D eigenvalue weighted by Gasteiger charge is 2.26. The molecule has 0 saturated carbocycles. The van der Waals surface area contributed by atoms with Gasteiger partial charge in [-0.1, -0.05) is 0 Å². The van der Waals surface area contributed by atoms with Gasteiger partial charge in [0.2, 0.25) is 5.91 Å². The number of nitrogens with zero attached hydrogens (tertiary/aromatic N) is 5. The van der Waals surface area contributed by atoms with Gasteiger partial charge in [0.1, 0.15) is 11.1 Å². The van der Waals surface area contributed by atoms with Gasteiger partial charge in [0.05, 0.1) is 38.1 Å². The lowest BCUT2D eigenvalue weighted by Gasteiger charge is -2.33. The van der Waals surface area contributed by atoms with Crippen LogP contribution < -0.4 is 0 Å². The number of ether oxygens (including phenoxy) is 1. The normalized spacial score (nSPS) is 17.9. The molecule has 1 fully saturated rings. The van der Waals surface area contributed by atoms with E-state index in [0.29, 0.717) is 32.8 Å². The first-order valence-electron chi connectivity index (χ1n) is 7.91. The molecule has 2 rings (SSSR count). The topological polar surface area (TPSA) is 93.2 Å². The summed E-state index contributed by atoms with van der Waals surface area (Å²) in [4.78, 5) is 20.6. The molecular weight excluding hydrogens is 326 g/mol. The fraction of sp³-hybridized carbons (Fsp3) is 0.625. The molecule has 1 saturated heterocycles. The summed E-state index contributed by atoms with van der Waals surface area (Å²) >= 11 is 1.58. The molecular formula is C16H21N5O2S. The zero-order chi connectivity index (χ0) is 17.4. The second-order valence-electron chi connectivity index (χ2n) is 5.62. The standard InChI is InChI=1S/C16H21N5O2S/c1-13-12-24-16(19-13)14-10-20(8-9-23-14)11-15(22)21(6-2-4-17)7-3-5-18/h12,14H,2-3,6-11H2,1H3/t14-/m1/s1. The average molecular weight is 347 g/mol. The molecule has 0 unspecified atom stereocenters. The average Bonchev–Trinajstić information content (AvgIpc) is 3.01. The SMILES string of the molecule is Cc1csc([C@H]2CN(CC(=O)N(CCC#N)CCC#N)CCO2)n1. The zero-order valence-electron chi connectivity index (χ0n) is 13.8. The number of hydrogen-bond acceptors (Lipinski definition) is 7. The van der Waals surface area contributed by atoms with E-state index < -0.39 is 0 Å². The van der Waals surface area contributed by atoms with E-state index in [-0.39, 0.29) is 31.4 Å². The Morgan fingerprint density at radius 1 is 1.46 bits per heavy atom. The molecule has 1 aromatic heterocycles. The Morgan fingerprint density at radius 2 is 2.17 bits per heavy atom. The molecule has 7 nitrogen and oxygen atoms in total. The lowest BCUT2D eigenvalue weighted by Crippen LogP contribution is -2.46. The number of carbonyl (C=O) groups is 1. The Balaban J connectivity index is 1.91. The molecule has 1 aromatic rings. The second kappa shape index (κ2) is 9.33. The Bertz CT molecular complexity index is 615. The van der Waals surface area contributed by atoms with Crippen molar-refractivity contribution < 1.29 is 9.53 Å². The maximum Gasteiger partial charge on any atom is 0.236 e. The van der Waals surface area contributed by atoms with Crippen molar-refractivity contribution in [2.24, 2.45) is 0 Å². The van der Waals surface area contributed by atoms with Gasteiger partial charge in [-0.25, -0.2) is 4.98 Å². The molecule has 0 bridgehead atoms. The first kappa shape index (κ1) is 18.3. The number of amides is 1. The van der Waals surface area contributed by atoms with E-state index >= 15 is 0 Å². The van der Waals surface area contributed by atoms with Gasteiger partial charge >= 0.3 is 0 Å². The third-order valence-electron chi connectivity index (χ3n) is 3.76. The number of hydrogen-bond donors (Lipinski definition) is 0. The number of thiazole rings is 1. The van der Waals surface area contributed by atoms with E-state index in [1.54, 1.807) is 16.2 Å². The summed E-state index contributed by atoms with van der Waals surface area (Å²) in [6, 6.07) is 4.09. The van der Waals surface area contributed by atoms with Crippen LogP contribution >= 0.6 is 11.3 Å². The largest absolute Gasteiger partial charge is 0.368 e. The van der Waals surface area contributed by atoms with E-state index in [1.165, 1.54) is 0 Å². The fourth-order valence-corrected chi connectivity index (χ4v) is 3.37. The summed E-state index contributed by atoms with van der Waals surface area (Å²) in [5.74, 6) is -0.0449. The summed E-state index contributed by atoms with van der Waals surface area (Å²) < 4.78 is 5.77. The van der Waals surface area contributed by atoms with Crippen molar-refractivity contribution in [3.8, 4) is 12.1 Å². The first-order valence-corrected chi connectivity index (χ1v) is 8.79. The van der Waals surface area contributed by atoms with Crippen molar-refractivity contribution in [1.82, 2.24) is 14.8 Å². The number of nitriles is 2. The molecule has 1 atom stereocenters. The van der Waals surface area contributed by atoms with Crippen molar-refractivity contribution >= 4 is 17.2 Å². The van der Waals surface area contributed by atoms with Crippen LogP contribution in [0.2, 0.25) is 0 Å². The quantitative estimate of drug-likeness (QED) is 0.742. The van der Waals surface area contributed by atoms with E-state index in [2.05, 4.69) is 9.88 Å². The smallest absolute Gasteiger partial charge is 0.236 e. The molecule has 8 heteroatoms. The molecule has 1 aliphatic rings. The molecule has 1 amide bonds. The van der Waals surface area contributed by atoms with Crippen LogP contribution in [0.3, 0.4) is 0 Å². The van der Waals surface area contributed by atoms with Gasteiger partial charge in [0, 0.05) is 37.3 Å². The molecule has 0 radical (unpaired) electrons. The summed E-state index contributed by atoms with van der Waals surface area (Å²) in [6.45, 7) is 4.85. The summed E-state index contributed by atoms with van der Waals surface area (Å²) in [5.41, 5.74) is 0.978. The highest BCUT2D eigenvalue weighted by molar-refractivity contribution is 7.09. The summed E-state index contributed by atoms with van der Waals surface area (Å²) in [5, 5.41) is 20.4. The van der Waals surface area contributed by atoms with E-state index in [9.17, 15) is 4.79 Å². The zero-order valence-corrected chi connectivity index (χ0v) is 14.6. The van der Waals surface area contributed by atoms with Crippen molar-refractivity contribution in [3.05, 3.63) is 16.1 Å². The van der Waals surface area contributed by atoms with Crippen molar-refractivity contribution in [3.63, 3.8) is 0 Å². The highest BCUT2D eigenvalue weighted by Crippen LogP contribution is 2.25. The maximum absolute atomic E-state index is 12.5. The third kappa shape index (κ3) is 5.27. The molecule has 24 heavy (non-hydrogen) atoms. The molecule has 128 valence electrons. The van der Waals surface area contributed by atoms with Crippen LogP contribution in [0, 0.1) is 29.6 Å². The van der Waals surface area contributed by atoms with Gasteiger partial charge in [-0.05, 0) is 6.92 Å². The number of morpholine rings is 1. The minimum Gasteiger partial charge on any atom is -0.368 e. The molecule has 0 aliphatic carbocycles. The van der Waals surface area contributed by atoms with E-state index in [1.807, 2.05) is 24.4 Å². The Hall–Kier alpha value is -2.00. The predicted molar refractivity (Wildman–Crippen MR) is 89.0 cm³/mol. The van der Waals surface area contributed by atoms with Crippen LogP contribution in [-0.2, 0) is 9.53 Å². The lowest BCUT2D eigenvalue weighted by atomic mass is 10.2. The van der Waals surface area contributed by atoms with Crippen LogP contribution in [0.25, 0.3) is 0 Å². The monoisotopic (exact) mass is 347 g/mol. The van der Waals surface area contributed by atoms with Gasteiger partial charge in [0.25, 0.3) is 0 Å². The van der Waals surface area contributed by atoms with Gasteiger partial charge < -0.3 is 9.64 Å². The number of carbonyl (C=O) groups excluding carboxylic acids is 1. The van der Waals surface area contributed by atoms with Gasteiger partial charge in [-0.2, -0.15) is 10.5 Å². The Labute approximate surface area is 146 Å².